The molecule has 4 heteroatoms. The lowest BCUT2D eigenvalue weighted by Crippen LogP contribution is -2.34. The first-order chi connectivity index (χ1) is 11.7. The number of pyridine rings is 1. The Morgan fingerprint density at radius 1 is 1.00 bits per heavy atom. The molecule has 2 amide bonds. The van der Waals surface area contributed by atoms with Crippen LogP contribution in [0.25, 0.3) is 0 Å². The zero-order chi connectivity index (χ0) is 16.8. The second-order valence-electron chi connectivity index (χ2n) is 5.58. The van der Waals surface area contributed by atoms with Crippen molar-refractivity contribution >= 4 is 17.4 Å². The molecule has 0 radical (unpaired) electrons. The number of nitrogens with zero attached hydrogens (tertiary/aromatic N) is 2. The lowest BCUT2D eigenvalue weighted by Gasteiger charge is -2.23. The molecule has 24 heavy (non-hydrogen) atoms. The lowest BCUT2D eigenvalue weighted by atomic mass is 10.2. The fraction of sp³-hybridized carbons (Fsp3) is 0.100. The highest BCUT2D eigenvalue weighted by molar-refractivity contribution is 6.01. The first-order valence-electron chi connectivity index (χ1n) is 7.81. The SMILES string of the molecule is Cc1ccc(N(Cc2cccnc2)C(=O)Nc2ccccc2)cc1. The summed E-state index contributed by atoms with van der Waals surface area (Å²) in [5.74, 6) is 0. The van der Waals surface area contributed by atoms with Crippen LogP contribution in [0.4, 0.5) is 16.2 Å². The summed E-state index contributed by atoms with van der Waals surface area (Å²) in [6.45, 7) is 2.48. The molecule has 1 N–H and O–H groups in total. The number of anilines is 2. The highest BCUT2D eigenvalue weighted by Gasteiger charge is 2.16. The molecule has 1 aromatic heterocycles. The van der Waals surface area contributed by atoms with E-state index in [4.69, 9.17) is 0 Å². The maximum atomic E-state index is 12.8. The molecule has 3 aromatic rings. The quantitative estimate of drug-likeness (QED) is 0.762. The smallest absolute Gasteiger partial charge is 0.308 e. The van der Waals surface area contributed by atoms with Gasteiger partial charge in [-0.2, -0.15) is 0 Å². The Morgan fingerprint density at radius 3 is 2.42 bits per heavy atom. The summed E-state index contributed by atoms with van der Waals surface area (Å²) >= 11 is 0. The molecular formula is C20H19N3O. The van der Waals surface area contributed by atoms with Crippen LogP contribution in [-0.2, 0) is 6.54 Å². The van der Waals surface area contributed by atoms with Gasteiger partial charge < -0.3 is 5.32 Å². The number of benzene rings is 2. The topological polar surface area (TPSA) is 45.2 Å². The minimum absolute atomic E-state index is 0.172. The van der Waals surface area contributed by atoms with Gasteiger partial charge >= 0.3 is 6.03 Å². The van der Waals surface area contributed by atoms with Crippen molar-refractivity contribution in [3.05, 3.63) is 90.3 Å². The largest absolute Gasteiger partial charge is 0.326 e. The number of hydrogen-bond acceptors (Lipinski definition) is 2. The van der Waals surface area contributed by atoms with Gasteiger partial charge in [0.1, 0.15) is 0 Å². The van der Waals surface area contributed by atoms with Crippen molar-refractivity contribution in [2.75, 3.05) is 10.2 Å². The van der Waals surface area contributed by atoms with E-state index in [9.17, 15) is 4.79 Å². The number of nitrogens with one attached hydrogen (secondary N) is 1. The number of hydrogen-bond donors (Lipinski definition) is 1. The minimum Gasteiger partial charge on any atom is -0.308 e. The van der Waals surface area contributed by atoms with E-state index < -0.39 is 0 Å². The normalized spacial score (nSPS) is 10.2. The van der Waals surface area contributed by atoms with Gasteiger partial charge in [0, 0.05) is 23.8 Å². The molecule has 0 aliphatic rings. The molecule has 0 aliphatic carbocycles. The van der Waals surface area contributed by atoms with Crippen LogP contribution in [-0.4, -0.2) is 11.0 Å². The van der Waals surface area contributed by atoms with Crippen LogP contribution >= 0.6 is 0 Å². The Balaban J connectivity index is 1.86. The highest BCUT2D eigenvalue weighted by Crippen LogP contribution is 2.19. The first-order valence-corrected chi connectivity index (χ1v) is 7.81. The van der Waals surface area contributed by atoms with Crippen LogP contribution in [0.1, 0.15) is 11.1 Å². The fourth-order valence-corrected chi connectivity index (χ4v) is 2.39. The van der Waals surface area contributed by atoms with Gasteiger partial charge in [-0.3, -0.25) is 9.88 Å². The van der Waals surface area contributed by atoms with Crippen LogP contribution < -0.4 is 10.2 Å². The highest BCUT2D eigenvalue weighted by atomic mass is 16.2. The summed E-state index contributed by atoms with van der Waals surface area (Å²) < 4.78 is 0. The summed E-state index contributed by atoms with van der Waals surface area (Å²) in [7, 11) is 0. The molecular weight excluding hydrogens is 298 g/mol. The number of urea groups is 1. The maximum Gasteiger partial charge on any atom is 0.326 e. The van der Waals surface area contributed by atoms with Crippen LogP contribution in [0.5, 0.6) is 0 Å². The van der Waals surface area contributed by atoms with Gasteiger partial charge in [0.2, 0.25) is 0 Å². The van der Waals surface area contributed by atoms with E-state index >= 15 is 0 Å². The van der Waals surface area contributed by atoms with Gasteiger partial charge in [-0.15, -0.1) is 0 Å². The molecule has 0 atom stereocenters. The van der Waals surface area contributed by atoms with Crippen LogP contribution in [0.15, 0.2) is 79.1 Å². The van der Waals surface area contributed by atoms with Gasteiger partial charge in [0.25, 0.3) is 0 Å². The summed E-state index contributed by atoms with van der Waals surface area (Å²) in [5.41, 5.74) is 3.74. The van der Waals surface area contributed by atoms with Crippen molar-refractivity contribution in [2.45, 2.75) is 13.5 Å². The Morgan fingerprint density at radius 2 is 1.75 bits per heavy atom. The molecule has 0 spiro atoms. The number of carbonyl (C=O) groups is 1. The molecule has 0 fully saturated rings. The fourth-order valence-electron chi connectivity index (χ4n) is 2.39. The average Bonchev–Trinajstić information content (AvgIpc) is 2.62. The third-order valence-electron chi connectivity index (χ3n) is 3.68. The Kier molecular flexibility index (Phi) is 4.87. The average molecular weight is 317 g/mol. The first kappa shape index (κ1) is 15.7. The van der Waals surface area contributed by atoms with E-state index in [0.717, 1.165) is 22.5 Å². The summed E-state index contributed by atoms with van der Waals surface area (Å²) in [5, 5.41) is 2.94. The molecule has 0 saturated carbocycles. The number of aryl methyl sites for hydroxylation is 1. The van der Waals surface area contributed by atoms with Crippen molar-refractivity contribution in [3.63, 3.8) is 0 Å². The number of carbonyl (C=O) groups excluding carboxylic acids is 1. The summed E-state index contributed by atoms with van der Waals surface area (Å²) in [6.07, 6.45) is 3.50. The van der Waals surface area contributed by atoms with E-state index in [1.54, 1.807) is 17.3 Å². The molecule has 0 aliphatic heterocycles. The molecule has 120 valence electrons. The molecule has 0 saturated heterocycles. The predicted octanol–water partition coefficient (Wildman–Crippen LogP) is 4.63. The van der Waals surface area contributed by atoms with Crippen LogP contribution in [0, 0.1) is 6.92 Å². The van der Waals surface area contributed by atoms with E-state index in [2.05, 4.69) is 10.3 Å². The van der Waals surface area contributed by atoms with E-state index in [1.165, 1.54) is 0 Å². The van der Waals surface area contributed by atoms with Gasteiger partial charge in [-0.05, 0) is 42.8 Å². The maximum absolute atomic E-state index is 12.8. The molecule has 2 aromatic carbocycles. The van der Waals surface area contributed by atoms with Gasteiger partial charge in [-0.25, -0.2) is 4.79 Å². The third-order valence-corrected chi connectivity index (χ3v) is 3.68. The number of amides is 2. The predicted molar refractivity (Wildman–Crippen MR) is 97.1 cm³/mol. The Hall–Kier alpha value is -3.14. The molecule has 0 unspecified atom stereocenters. The van der Waals surface area contributed by atoms with E-state index in [0.29, 0.717) is 6.54 Å². The standard InChI is InChI=1S/C20H19N3O/c1-16-9-11-19(12-10-16)23(15-17-6-5-13-21-14-17)20(24)22-18-7-3-2-4-8-18/h2-14H,15H2,1H3,(H,22,24). The summed E-state index contributed by atoms with van der Waals surface area (Å²) in [4.78, 5) is 18.6. The van der Waals surface area contributed by atoms with Crippen molar-refractivity contribution in [1.82, 2.24) is 4.98 Å². The van der Waals surface area contributed by atoms with Gasteiger partial charge in [-0.1, -0.05) is 42.0 Å². The van der Waals surface area contributed by atoms with Gasteiger partial charge in [0.05, 0.1) is 6.54 Å². The van der Waals surface area contributed by atoms with Crippen LogP contribution in [0.3, 0.4) is 0 Å². The van der Waals surface area contributed by atoms with Crippen molar-refractivity contribution in [2.24, 2.45) is 0 Å². The van der Waals surface area contributed by atoms with E-state index in [-0.39, 0.29) is 6.03 Å². The number of para-hydroxylation sites is 1. The zero-order valence-electron chi connectivity index (χ0n) is 13.5. The number of aromatic nitrogens is 1. The minimum atomic E-state index is -0.172. The Bertz CT molecular complexity index is 786. The second kappa shape index (κ2) is 7.42. The second-order valence-corrected chi connectivity index (χ2v) is 5.58. The lowest BCUT2D eigenvalue weighted by molar-refractivity contribution is 0.256. The monoisotopic (exact) mass is 317 g/mol. The summed E-state index contributed by atoms with van der Waals surface area (Å²) in [6, 6.07) is 21.0. The zero-order valence-corrected chi connectivity index (χ0v) is 13.5. The Labute approximate surface area is 141 Å². The van der Waals surface area contributed by atoms with Crippen molar-refractivity contribution < 1.29 is 4.79 Å². The van der Waals surface area contributed by atoms with Crippen molar-refractivity contribution in [3.8, 4) is 0 Å². The van der Waals surface area contributed by atoms with E-state index in [1.807, 2.05) is 73.7 Å². The van der Waals surface area contributed by atoms with Crippen LogP contribution in [0.2, 0.25) is 0 Å². The third kappa shape index (κ3) is 3.98. The molecule has 0 bridgehead atoms. The number of rotatable bonds is 4. The van der Waals surface area contributed by atoms with Gasteiger partial charge in [0.15, 0.2) is 0 Å². The molecule has 1 heterocycles. The molecule has 4 nitrogen and oxygen atoms in total. The van der Waals surface area contributed by atoms with Crippen molar-refractivity contribution in [1.29, 1.82) is 0 Å². The molecule has 3 rings (SSSR count).